The van der Waals surface area contributed by atoms with Crippen molar-refractivity contribution in [2.45, 2.75) is 53.0 Å². The highest BCUT2D eigenvalue weighted by Crippen LogP contribution is 2.15. The molecule has 1 aromatic rings. The number of hydrogen-bond acceptors (Lipinski definition) is 2. The van der Waals surface area contributed by atoms with Gasteiger partial charge < -0.3 is 10.2 Å². The lowest BCUT2D eigenvalue weighted by atomic mass is 10.0. The van der Waals surface area contributed by atoms with Gasteiger partial charge in [-0.25, -0.2) is 0 Å². The quantitative estimate of drug-likeness (QED) is 0.810. The van der Waals surface area contributed by atoms with Gasteiger partial charge in [0.25, 0.3) is 0 Å². The molecule has 0 aromatic heterocycles. The fourth-order valence-electron chi connectivity index (χ4n) is 2.24. The third kappa shape index (κ3) is 6.99. The van der Waals surface area contributed by atoms with Crippen LogP contribution in [0.15, 0.2) is 30.3 Å². The van der Waals surface area contributed by atoms with Crippen LogP contribution in [-0.4, -0.2) is 35.3 Å². The van der Waals surface area contributed by atoms with Crippen LogP contribution in [0.2, 0.25) is 0 Å². The molecular formula is C20H30N2O2. The molecule has 2 amide bonds. The van der Waals surface area contributed by atoms with Gasteiger partial charge in [-0.3, -0.25) is 9.59 Å². The first kappa shape index (κ1) is 19.9. The largest absolute Gasteiger partial charge is 0.350 e. The fraction of sp³-hybridized carbons (Fsp3) is 0.500. The number of likely N-dealkylation sites (N-methyl/N-ethyl adjacent to an activating group) is 1. The van der Waals surface area contributed by atoms with Crippen molar-refractivity contribution >= 4 is 17.9 Å². The van der Waals surface area contributed by atoms with Crippen LogP contribution >= 0.6 is 0 Å². The van der Waals surface area contributed by atoms with Crippen LogP contribution in [0.1, 0.15) is 58.6 Å². The Morgan fingerprint density at radius 3 is 2.21 bits per heavy atom. The average molecular weight is 330 g/mol. The van der Waals surface area contributed by atoms with Crippen molar-refractivity contribution in [3.05, 3.63) is 41.5 Å². The monoisotopic (exact) mass is 330 g/mol. The molecule has 0 bridgehead atoms. The number of nitrogens with zero attached hydrogens (tertiary/aromatic N) is 1. The van der Waals surface area contributed by atoms with Crippen molar-refractivity contribution in [1.29, 1.82) is 0 Å². The van der Waals surface area contributed by atoms with Crippen molar-refractivity contribution in [2.24, 2.45) is 0 Å². The van der Waals surface area contributed by atoms with Gasteiger partial charge in [-0.2, -0.15) is 0 Å². The highest BCUT2D eigenvalue weighted by Gasteiger charge is 2.18. The summed E-state index contributed by atoms with van der Waals surface area (Å²) in [5, 5.41) is 2.87. The average Bonchev–Trinajstić information content (AvgIpc) is 2.48. The Morgan fingerprint density at radius 1 is 1.17 bits per heavy atom. The molecule has 0 aliphatic heterocycles. The second kappa shape index (κ2) is 8.67. The van der Waals surface area contributed by atoms with Crippen molar-refractivity contribution in [2.75, 3.05) is 13.1 Å². The second-order valence-corrected chi connectivity index (χ2v) is 7.31. The van der Waals surface area contributed by atoms with Crippen molar-refractivity contribution < 1.29 is 9.59 Å². The van der Waals surface area contributed by atoms with Crippen molar-refractivity contribution in [3.63, 3.8) is 0 Å². The van der Waals surface area contributed by atoms with Crippen LogP contribution in [0.25, 0.3) is 6.08 Å². The van der Waals surface area contributed by atoms with E-state index in [2.05, 4.69) is 31.3 Å². The van der Waals surface area contributed by atoms with Gasteiger partial charge in [-0.05, 0) is 50.8 Å². The van der Waals surface area contributed by atoms with Crippen LogP contribution < -0.4 is 5.32 Å². The molecule has 4 nitrogen and oxygen atoms in total. The third-order valence-electron chi connectivity index (χ3n) is 3.56. The topological polar surface area (TPSA) is 49.4 Å². The highest BCUT2D eigenvalue weighted by atomic mass is 16.2. The number of amides is 2. The van der Waals surface area contributed by atoms with Crippen molar-refractivity contribution in [1.82, 2.24) is 10.2 Å². The molecule has 0 aliphatic carbocycles. The summed E-state index contributed by atoms with van der Waals surface area (Å²) >= 11 is 0. The number of carbonyl (C=O) groups is 2. The van der Waals surface area contributed by atoms with E-state index in [1.807, 2.05) is 39.8 Å². The normalized spacial score (nSPS) is 11.8. The van der Waals surface area contributed by atoms with Crippen LogP contribution in [0.3, 0.4) is 0 Å². The van der Waals surface area contributed by atoms with Crippen molar-refractivity contribution in [3.8, 4) is 0 Å². The number of rotatable bonds is 6. The Morgan fingerprint density at radius 2 is 1.75 bits per heavy atom. The molecule has 0 saturated carbocycles. The Labute approximate surface area is 145 Å². The molecule has 0 heterocycles. The van der Waals surface area contributed by atoms with E-state index in [0.717, 1.165) is 5.56 Å². The minimum Gasteiger partial charge on any atom is -0.350 e. The Kier molecular flexibility index (Phi) is 7.20. The second-order valence-electron chi connectivity index (χ2n) is 7.31. The van der Waals surface area contributed by atoms with E-state index in [4.69, 9.17) is 0 Å². The zero-order valence-electron chi connectivity index (χ0n) is 15.7. The SMILES string of the molecule is CCN(CC(=O)NC(C)(C)C)C(=O)/C=C/c1ccc(C(C)C)cc1. The molecule has 4 heteroatoms. The van der Waals surface area contributed by atoms with Crippen LogP contribution in [0.4, 0.5) is 0 Å². The summed E-state index contributed by atoms with van der Waals surface area (Å²) < 4.78 is 0. The minimum absolute atomic E-state index is 0.0726. The highest BCUT2D eigenvalue weighted by molar-refractivity contribution is 5.94. The zero-order chi connectivity index (χ0) is 18.3. The van der Waals surface area contributed by atoms with Gasteiger partial charge in [-0.15, -0.1) is 0 Å². The number of benzene rings is 1. The smallest absolute Gasteiger partial charge is 0.247 e. The molecular weight excluding hydrogens is 300 g/mol. The fourth-order valence-corrected chi connectivity index (χ4v) is 2.24. The van der Waals surface area contributed by atoms with Crippen LogP contribution in [-0.2, 0) is 9.59 Å². The number of hydrogen-bond donors (Lipinski definition) is 1. The van der Waals surface area contributed by atoms with Gasteiger partial charge in [0, 0.05) is 18.2 Å². The third-order valence-corrected chi connectivity index (χ3v) is 3.56. The van der Waals surface area contributed by atoms with E-state index in [-0.39, 0.29) is 23.9 Å². The molecule has 1 rings (SSSR count). The molecule has 0 aliphatic rings. The van der Waals surface area contributed by atoms with E-state index in [1.54, 1.807) is 6.08 Å². The molecule has 0 atom stereocenters. The van der Waals surface area contributed by atoms with Gasteiger partial charge in [0.2, 0.25) is 11.8 Å². The molecule has 0 spiro atoms. The molecule has 0 radical (unpaired) electrons. The summed E-state index contributed by atoms with van der Waals surface area (Å²) in [5.41, 5.74) is 1.95. The lowest BCUT2D eigenvalue weighted by Crippen LogP contribution is -2.47. The van der Waals surface area contributed by atoms with E-state index >= 15 is 0 Å². The van der Waals surface area contributed by atoms with E-state index < -0.39 is 0 Å². The summed E-state index contributed by atoms with van der Waals surface area (Å²) in [4.78, 5) is 25.8. The molecule has 1 N–H and O–H groups in total. The lowest BCUT2D eigenvalue weighted by molar-refractivity contribution is -0.132. The van der Waals surface area contributed by atoms with Gasteiger partial charge >= 0.3 is 0 Å². The van der Waals surface area contributed by atoms with Crippen LogP contribution in [0.5, 0.6) is 0 Å². The molecule has 0 fully saturated rings. The Hall–Kier alpha value is -2.10. The first-order valence-electron chi connectivity index (χ1n) is 8.50. The first-order chi connectivity index (χ1) is 11.1. The predicted molar refractivity (Wildman–Crippen MR) is 99.7 cm³/mol. The van der Waals surface area contributed by atoms with Gasteiger partial charge in [0.1, 0.15) is 0 Å². The van der Waals surface area contributed by atoms with E-state index in [1.165, 1.54) is 16.5 Å². The maximum Gasteiger partial charge on any atom is 0.247 e. The maximum atomic E-state index is 12.3. The molecule has 0 unspecified atom stereocenters. The summed E-state index contributed by atoms with van der Waals surface area (Å²) in [6, 6.07) is 8.15. The van der Waals surface area contributed by atoms with Crippen LogP contribution in [0, 0.1) is 0 Å². The lowest BCUT2D eigenvalue weighted by Gasteiger charge is -2.24. The Bertz CT molecular complexity index is 581. The van der Waals surface area contributed by atoms with Gasteiger partial charge in [0.15, 0.2) is 0 Å². The van der Waals surface area contributed by atoms with E-state index in [9.17, 15) is 9.59 Å². The summed E-state index contributed by atoms with van der Waals surface area (Å²) in [5.74, 6) is 0.184. The predicted octanol–water partition coefficient (Wildman–Crippen LogP) is 3.59. The maximum absolute atomic E-state index is 12.3. The molecule has 132 valence electrons. The zero-order valence-corrected chi connectivity index (χ0v) is 15.7. The number of nitrogens with one attached hydrogen (secondary N) is 1. The standard InChI is InChI=1S/C20H30N2O2/c1-7-22(14-18(23)21-20(4,5)6)19(24)13-10-16-8-11-17(12-9-16)15(2)3/h8-13,15H,7,14H2,1-6H3,(H,21,23)/b13-10+. The first-order valence-corrected chi connectivity index (χ1v) is 8.50. The summed E-state index contributed by atoms with van der Waals surface area (Å²) in [6.45, 7) is 12.5. The summed E-state index contributed by atoms with van der Waals surface area (Å²) in [6.07, 6.45) is 3.31. The van der Waals surface area contributed by atoms with Gasteiger partial charge in [-0.1, -0.05) is 38.1 Å². The molecule has 24 heavy (non-hydrogen) atoms. The minimum atomic E-state index is -0.298. The molecule has 0 saturated heterocycles. The summed E-state index contributed by atoms with van der Waals surface area (Å²) in [7, 11) is 0. The number of carbonyl (C=O) groups excluding carboxylic acids is 2. The molecule has 1 aromatic carbocycles. The van der Waals surface area contributed by atoms with Gasteiger partial charge in [0.05, 0.1) is 6.54 Å². The Balaban J connectivity index is 2.67. The van der Waals surface area contributed by atoms with E-state index in [0.29, 0.717) is 12.5 Å².